The van der Waals surface area contributed by atoms with Gasteiger partial charge in [-0.1, -0.05) is 127 Å². The second kappa shape index (κ2) is 12.8. The second-order valence-electron chi connectivity index (χ2n) is 14.5. The number of aromatic nitrogens is 7. The number of nitrogens with zero attached hydrogens (tertiary/aromatic N) is 7. The van der Waals surface area contributed by atoms with Gasteiger partial charge in [-0.3, -0.25) is 14.5 Å². The standard InChI is InChI=1S/C51H31N7/c1-2-13-39-37(11-1)38-12-3-5-17-43(38)57-46(39)31-36-27-28-45-47(48(36)57)40-14-4-6-18-44(40)58(45)51-55-49(34-23-19-32(20-24-34)41-15-7-9-29-52-41)54-50(56-51)35-25-21-33(22-26-35)42-16-8-10-30-53-42/h1-31H. The molecule has 0 spiro atoms. The van der Waals surface area contributed by atoms with Gasteiger partial charge in [0.2, 0.25) is 5.95 Å². The van der Waals surface area contributed by atoms with Crippen LogP contribution in [0.4, 0.5) is 0 Å². The summed E-state index contributed by atoms with van der Waals surface area (Å²) in [6, 6.07) is 61.2. The summed E-state index contributed by atoms with van der Waals surface area (Å²) >= 11 is 0. The molecule has 0 amide bonds. The molecule has 7 nitrogen and oxygen atoms in total. The van der Waals surface area contributed by atoms with Crippen LogP contribution in [0.15, 0.2) is 188 Å². The van der Waals surface area contributed by atoms with E-state index in [0.717, 1.165) is 61.0 Å². The lowest BCUT2D eigenvalue weighted by Gasteiger charge is -2.12. The van der Waals surface area contributed by atoms with Gasteiger partial charge in [0.1, 0.15) is 0 Å². The molecule has 0 atom stereocenters. The minimum atomic E-state index is 0.546. The van der Waals surface area contributed by atoms with Crippen molar-refractivity contribution >= 4 is 59.9 Å². The molecule has 0 aliphatic rings. The van der Waals surface area contributed by atoms with Gasteiger partial charge in [-0.05, 0) is 53.9 Å². The predicted molar refractivity (Wildman–Crippen MR) is 235 cm³/mol. The fourth-order valence-electron chi connectivity index (χ4n) is 8.62. The predicted octanol–water partition coefficient (Wildman–Crippen LogP) is 12.1. The molecule has 270 valence electrons. The number of pyridine rings is 3. The molecule has 6 heterocycles. The molecule has 12 rings (SSSR count). The van der Waals surface area contributed by atoms with Crippen molar-refractivity contribution in [1.82, 2.24) is 33.9 Å². The minimum Gasteiger partial charge on any atom is -0.308 e. The molecule has 12 aromatic rings. The first kappa shape index (κ1) is 32.2. The van der Waals surface area contributed by atoms with Gasteiger partial charge in [-0.15, -0.1) is 0 Å². The van der Waals surface area contributed by atoms with Crippen molar-refractivity contribution in [3.63, 3.8) is 0 Å². The van der Waals surface area contributed by atoms with E-state index >= 15 is 0 Å². The van der Waals surface area contributed by atoms with Crippen LogP contribution < -0.4 is 0 Å². The van der Waals surface area contributed by atoms with Crippen molar-refractivity contribution in [2.45, 2.75) is 0 Å². The van der Waals surface area contributed by atoms with Crippen LogP contribution in [0.5, 0.6) is 0 Å². The fourth-order valence-corrected chi connectivity index (χ4v) is 8.62. The van der Waals surface area contributed by atoms with E-state index in [4.69, 9.17) is 15.0 Å². The molecule has 0 saturated carbocycles. The van der Waals surface area contributed by atoms with Crippen molar-refractivity contribution in [2.75, 3.05) is 0 Å². The van der Waals surface area contributed by atoms with Crippen LogP contribution in [0.3, 0.4) is 0 Å². The summed E-state index contributed by atoms with van der Waals surface area (Å²) in [5, 5.41) is 7.15. The molecular formula is C51H31N7. The Hall–Kier alpha value is -8.03. The lowest BCUT2D eigenvalue weighted by molar-refractivity contribution is 0.953. The SMILES string of the molecule is c1ccc(-c2ccc(-c3nc(-c4ccc(-c5ccccn5)cc4)nc(-n4c5ccccc5c5c4ccc4cc6c7ccccc7c7ccccc7n6c45)n3)cc2)nc1. The first-order valence-electron chi connectivity index (χ1n) is 19.3. The van der Waals surface area contributed by atoms with E-state index in [0.29, 0.717) is 17.6 Å². The van der Waals surface area contributed by atoms with Crippen LogP contribution in [0.25, 0.3) is 111 Å². The highest BCUT2D eigenvalue weighted by Crippen LogP contribution is 2.41. The Bertz CT molecular complexity index is 3430. The van der Waals surface area contributed by atoms with E-state index < -0.39 is 0 Å². The van der Waals surface area contributed by atoms with Crippen LogP contribution >= 0.6 is 0 Å². The Kier molecular flexibility index (Phi) is 7.09. The summed E-state index contributed by atoms with van der Waals surface area (Å²) in [5.41, 5.74) is 11.2. The van der Waals surface area contributed by atoms with Crippen LogP contribution in [0.1, 0.15) is 0 Å². The molecule has 0 fully saturated rings. The quantitative estimate of drug-likeness (QED) is 0.164. The molecule has 0 aliphatic heterocycles. The first-order chi connectivity index (χ1) is 28.8. The van der Waals surface area contributed by atoms with Crippen LogP contribution in [-0.4, -0.2) is 33.9 Å². The Morgan fingerprint density at radius 1 is 0.362 bits per heavy atom. The number of para-hydroxylation sites is 2. The first-order valence-corrected chi connectivity index (χ1v) is 19.3. The molecule has 0 radical (unpaired) electrons. The summed E-state index contributed by atoms with van der Waals surface area (Å²) in [4.78, 5) is 24.8. The molecule has 0 bridgehead atoms. The summed E-state index contributed by atoms with van der Waals surface area (Å²) in [6.07, 6.45) is 3.63. The largest absolute Gasteiger partial charge is 0.308 e. The average Bonchev–Trinajstić information content (AvgIpc) is 3.86. The third-order valence-corrected chi connectivity index (χ3v) is 11.3. The van der Waals surface area contributed by atoms with E-state index in [9.17, 15) is 0 Å². The zero-order valence-corrected chi connectivity index (χ0v) is 31.0. The lowest BCUT2D eigenvalue weighted by atomic mass is 10.1. The highest BCUT2D eigenvalue weighted by atomic mass is 15.2. The second-order valence-corrected chi connectivity index (χ2v) is 14.5. The maximum atomic E-state index is 5.27. The molecule has 0 saturated heterocycles. The Morgan fingerprint density at radius 2 is 0.879 bits per heavy atom. The van der Waals surface area contributed by atoms with Crippen molar-refractivity contribution in [3.8, 4) is 51.2 Å². The molecular weight excluding hydrogens is 711 g/mol. The van der Waals surface area contributed by atoms with Crippen molar-refractivity contribution in [1.29, 1.82) is 0 Å². The molecule has 6 aromatic carbocycles. The highest BCUT2D eigenvalue weighted by molar-refractivity contribution is 6.24. The molecule has 0 N–H and O–H groups in total. The van der Waals surface area contributed by atoms with E-state index in [-0.39, 0.29) is 0 Å². The number of rotatable bonds is 5. The topological polar surface area (TPSA) is 73.8 Å². The smallest absolute Gasteiger partial charge is 0.238 e. The zero-order chi connectivity index (χ0) is 38.2. The number of fused-ring (bicyclic) bond motifs is 12. The van der Waals surface area contributed by atoms with Crippen molar-refractivity contribution in [3.05, 3.63) is 188 Å². The van der Waals surface area contributed by atoms with Crippen LogP contribution in [0.2, 0.25) is 0 Å². The summed E-state index contributed by atoms with van der Waals surface area (Å²) < 4.78 is 4.65. The molecule has 6 aromatic heterocycles. The van der Waals surface area contributed by atoms with Crippen molar-refractivity contribution < 1.29 is 0 Å². The molecule has 0 aliphatic carbocycles. The average molecular weight is 742 g/mol. The van der Waals surface area contributed by atoms with Gasteiger partial charge >= 0.3 is 0 Å². The molecule has 7 heteroatoms. The lowest BCUT2D eigenvalue weighted by Crippen LogP contribution is -2.06. The van der Waals surface area contributed by atoms with Gasteiger partial charge < -0.3 is 4.40 Å². The van der Waals surface area contributed by atoms with Crippen LogP contribution in [-0.2, 0) is 0 Å². The third-order valence-electron chi connectivity index (χ3n) is 11.3. The van der Waals surface area contributed by atoms with Gasteiger partial charge in [-0.25, -0.2) is 4.98 Å². The van der Waals surface area contributed by atoms with Gasteiger partial charge in [-0.2, -0.15) is 9.97 Å². The summed E-state index contributed by atoms with van der Waals surface area (Å²) in [6.45, 7) is 0. The molecule has 58 heavy (non-hydrogen) atoms. The zero-order valence-electron chi connectivity index (χ0n) is 31.0. The Balaban J connectivity index is 1.12. The number of hydrogen-bond donors (Lipinski definition) is 0. The highest BCUT2D eigenvalue weighted by Gasteiger charge is 2.22. The van der Waals surface area contributed by atoms with Crippen molar-refractivity contribution in [2.24, 2.45) is 0 Å². The van der Waals surface area contributed by atoms with E-state index in [1.54, 1.807) is 0 Å². The summed E-state index contributed by atoms with van der Waals surface area (Å²) in [5.74, 6) is 1.71. The minimum absolute atomic E-state index is 0.546. The summed E-state index contributed by atoms with van der Waals surface area (Å²) in [7, 11) is 0. The maximum Gasteiger partial charge on any atom is 0.238 e. The third kappa shape index (κ3) is 4.97. The van der Waals surface area contributed by atoms with Gasteiger partial charge in [0.15, 0.2) is 11.6 Å². The fraction of sp³-hybridized carbons (Fsp3) is 0. The van der Waals surface area contributed by atoms with Gasteiger partial charge in [0.05, 0.1) is 39.0 Å². The van der Waals surface area contributed by atoms with Gasteiger partial charge in [0.25, 0.3) is 0 Å². The number of hydrogen-bond acceptors (Lipinski definition) is 5. The van der Waals surface area contributed by atoms with Gasteiger partial charge in [0, 0.05) is 61.6 Å². The van der Waals surface area contributed by atoms with Crippen LogP contribution in [0, 0.1) is 0 Å². The number of benzene rings is 6. The Morgan fingerprint density at radius 3 is 1.48 bits per heavy atom. The monoisotopic (exact) mass is 741 g/mol. The van der Waals surface area contributed by atoms with E-state index in [2.05, 4.69) is 158 Å². The van der Waals surface area contributed by atoms with E-state index in [1.165, 1.54) is 32.6 Å². The Labute approximate surface area is 332 Å². The normalized spacial score (nSPS) is 11.8. The molecule has 0 unspecified atom stereocenters. The maximum absolute atomic E-state index is 5.27. The van der Waals surface area contributed by atoms with E-state index in [1.807, 2.05) is 48.8 Å².